The number of aliphatic carboxylic acids is 1. The molecule has 4 nitrogen and oxygen atoms in total. The Bertz CT molecular complexity index is 680. The zero-order valence-electron chi connectivity index (χ0n) is 11.1. The molecule has 0 radical (unpaired) electrons. The molecular formula is C16H13ClN2O2. The Morgan fingerprint density at radius 3 is 2.62 bits per heavy atom. The van der Waals surface area contributed by atoms with Gasteiger partial charge in [-0.15, -0.1) is 0 Å². The van der Waals surface area contributed by atoms with Crippen LogP contribution in [0.25, 0.3) is 0 Å². The molecule has 0 saturated carbocycles. The number of halogens is 1. The highest BCUT2D eigenvalue weighted by Gasteiger charge is 2.19. The molecule has 0 aliphatic carbocycles. The topological polar surface area (TPSA) is 73.1 Å². The van der Waals surface area contributed by atoms with Gasteiger partial charge in [0.25, 0.3) is 0 Å². The highest BCUT2D eigenvalue weighted by atomic mass is 35.5. The Morgan fingerprint density at radius 2 is 2.00 bits per heavy atom. The van der Waals surface area contributed by atoms with Crippen LogP contribution in [0, 0.1) is 11.3 Å². The second-order valence-electron chi connectivity index (χ2n) is 4.49. The average molecular weight is 301 g/mol. The van der Waals surface area contributed by atoms with Crippen LogP contribution in [-0.4, -0.2) is 17.6 Å². The number of benzene rings is 2. The van der Waals surface area contributed by atoms with Crippen LogP contribution in [0.5, 0.6) is 0 Å². The van der Waals surface area contributed by atoms with E-state index < -0.39 is 11.9 Å². The Labute approximate surface area is 127 Å². The van der Waals surface area contributed by atoms with Gasteiger partial charge in [0, 0.05) is 6.54 Å². The molecule has 2 N–H and O–H groups in total. The fourth-order valence-corrected chi connectivity index (χ4v) is 2.16. The molecule has 0 aliphatic heterocycles. The number of rotatable bonds is 5. The summed E-state index contributed by atoms with van der Waals surface area (Å²) in [5.41, 5.74) is 1.73. The Hall–Kier alpha value is -2.51. The highest BCUT2D eigenvalue weighted by molar-refractivity contribution is 6.33. The lowest BCUT2D eigenvalue weighted by Gasteiger charge is -2.15. The second kappa shape index (κ2) is 6.78. The van der Waals surface area contributed by atoms with E-state index in [0.717, 1.165) is 0 Å². The van der Waals surface area contributed by atoms with Gasteiger partial charge >= 0.3 is 5.97 Å². The van der Waals surface area contributed by atoms with Gasteiger partial charge in [0.15, 0.2) is 0 Å². The van der Waals surface area contributed by atoms with Gasteiger partial charge in [-0.1, -0.05) is 41.9 Å². The van der Waals surface area contributed by atoms with Gasteiger partial charge in [-0.25, -0.2) is 0 Å². The second-order valence-corrected chi connectivity index (χ2v) is 4.90. The molecule has 0 aliphatic rings. The van der Waals surface area contributed by atoms with Crippen molar-refractivity contribution in [2.75, 3.05) is 11.9 Å². The quantitative estimate of drug-likeness (QED) is 0.886. The van der Waals surface area contributed by atoms with Gasteiger partial charge in [-0.3, -0.25) is 4.79 Å². The molecule has 0 amide bonds. The van der Waals surface area contributed by atoms with Gasteiger partial charge in [-0.2, -0.15) is 5.26 Å². The van der Waals surface area contributed by atoms with Gasteiger partial charge in [0.05, 0.1) is 28.3 Å². The smallest absolute Gasteiger partial charge is 0.312 e. The summed E-state index contributed by atoms with van der Waals surface area (Å²) in [6.07, 6.45) is 0. The maximum atomic E-state index is 11.4. The largest absolute Gasteiger partial charge is 0.481 e. The van der Waals surface area contributed by atoms with E-state index in [-0.39, 0.29) is 6.54 Å². The van der Waals surface area contributed by atoms with Gasteiger partial charge < -0.3 is 10.4 Å². The van der Waals surface area contributed by atoms with Crippen molar-refractivity contribution < 1.29 is 9.90 Å². The summed E-state index contributed by atoms with van der Waals surface area (Å²) in [7, 11) is 0. The third-order valence-electron chi connectivity index (χ3n) is 3.09. The molecule has 2 aromatic rings. The van der Waals surface area contributed by atoms with E-state index in [1.807, 2.05) is 12.1 Å². The minimum Gasteiger partial charge on any atom is -0.481 e. The maximum Gasteiger partial charge on any atom is 0.312 e. The third-order valence-corrected chi connectivity index (χ3v) is 3.42. The first-order chi connectivity index (χ1) is 10.1. The summed E-state index contributed by atoms with van der Waals surface area (Å²) in [5.74, 6) is -1.60. The fraction of sp³-hybridized carbons (Fsp3) is 0.125. The van der Waals surface area contributed by atoms with E-state index in [1.54, 1.807) is 42.5 Å². The summed E-state index contributed by atoms with van der Waals surface area (Å²) in [6, 6.07) is 15.8. The van der Waals surface area contributed by atoms with Crippen molar-refractivity contribution in [3.63, 3.8) is 0 Å². The number of hydrogen-bond donors (Lipinski definition) is 2. The monoisotopic (exact) mass is 300 g/mol. The molecule has 5 heteroatoms. The summed E-state index contributed by atoms with van der Waals surface area (Å²) in [6.45, 7) is 0.188. The summed E-state index contributed by atoms with van der Waals surface area (Å²) in [5, 5.41) is 21.7. The normalized spacial score (nSPS) is 11.4. The van der Waals surface area contributed by atoms with Crippen molar-refractivity contribution in [2.45, 2.75) is 5.92 Å². The molecule has 2 rings (SSSR count). The molecule has 2 aromatic carbocycles. The molecule has 1 atom stereocenters. The number of nitrogens with zero attached hydrogens (tertiary/aromatic N) is 1. The van der Waals surface area contributed by atoms with Crippen LogP contribution in [0.2, 0.25) is 5.02 Å². The van der Waals surface area contributed by atoms with Gasteiger partial charge in [0.1, 0.15) is 0 Å². The summed E-state index contributed by atoms with van der Waals surface area (Å²) < 4.78 is 0. The van der Waals surface area contributed by atoms with Crippen LogP contribution >= 0.6 is 11.6 Å². The predicted octanol–water partition coefficient (Wildman–Crippen LogP) is 3.49. The van der Waals surface area contributed by atoms with Crippen molar-refractivity contribution in [3.8, 4) is 6.07 Å². The van der Waals surface area contributed by atoms with Crippen LogP contribution in [0.1, 0.15) is 17.0 Å². The lowest BCUT2D eigenvalue weighted by molar-refractivity contribution is -0.138. The third kappa shape index (κ3) is 3.74. The zero-order chi connectivity index (χ0) is 15.2. The summed E-state index contributed by atoms with van der Waals surface area (Å²) in [4.78, 5) is 11.4. The van der Waals surface area contributed by atoms with Crippen LogP contribution in [0.15, 0.2) is 48.5 Å². The molecular weight excluding hydrogens is 288 g/mol. The van der Waals surface area contributed by atoms with Crippen molar-refractivity contribution in [1.82, 2.24) is 0 Å². The van der Waals surface area contributed by atoms with Crippen molar-refractivity contribution in [3.05, 3.63) is 64.7 Å². The van der Waals surface area contributed by atoms with E-state index in [9.17, 15) is 9.90 Å². The molecule has 106 valence electrons. The first kappa shape index (κ1) is 14.9. The molecule has 0 heterocycles. The number of anilines is 1. The van der Waals surface area contributed by atoms with E-state index in [2.05, 4.69) is 5.32 Å². The van der Waals surface area contributed by atoms with Crippen LogP contribution in [0.3, 0.4) is 0 Å². The molecule has 0 aromatic heterocycles. The number of carboxylic acids is 1. The zero-order valence-corrected chi connectivity index (χ0v) is 11.8. The standard InChI is InChI=1S/C16H13ClN2O2/c17-14-7-6-11(9-18)8-15(14)19-10-13(16(20)21)12-4-2-1-3-5-12/h1-8,13,19H,10H2,(H,20,21). The number of hydrogen-bond acceptors (Lipinski definition) is 3. The molecule has 0 saturated heterocycles. The molecule has 21 heavy (non-hydrogen) atoms. The molecule has 0 fully saturated rings. The summed E-state index contributed by atoms with van der Waals surface area (Å²) >= 11 is 6.04. The molecule has 0 spiro atoms. The van der Waals surface area contributed by atoms with E-state index in [1.165, 1.54) is 0 Å². The van der Waals surface area contributed by atoms with Gasteiger partial charge in [-0.05, 0) is 23.8 Å². The average Bonchev–Trinajstić information content (AvgIpc) is 2.50. The number of nitriles is 1. The van der Waals surface area contributed by atoms with Crippen LogP contribution in [-0.2, 0) is 4.79 Å². The lowest BCUT2D eigenvalue weighted by atomic mass is 9.99. The van der Waals surface area contributed by atoms with Crippen molar-refractivity contribution in [1.29, 1.82) is 5.26 Å². The van der Waals surface area contributed by atoms with Gasteiger partial charge in [0.2, 0.25) is 0 Å². The fourth-order valence-electron chi connectivity index (χ4n) is 1.98. The van der Waals surface area contributed by atoms with Crippen molar-refractivity contribution >= 4 is 23.3 Å². The first-order valence-electron chi connectivity index (χ1n) is 6.33. The van der Waals surface area contributed by atoms with E-state index in [0.29, 0.717) is 21.8 Å². The minimum atomic E-state index is -0.915. The van der Waals surface area contributed by atoms with Crippen LogP contribution in [0.4, 0.5) is 5.69 Å². The van der Waals surface area contributed by atoms with Crippen molar-refractivity contribution in [2.24, 2.45) is 0 Å². The SMILES string of the molecule is N#Cc1ccc(Cl)c(NCC(C(=O)O)c2ccccc2)c1. The highest BCUT2D eigenvalue weighted by Crippen LogP contribution is 2.24. The van der Waals surface area contributed by atoms with Crippen LogP contribution < -0.4 is 5.32 Å². The number of carbonyl (C=O) groups is 1. The predicted molar refractivity (Wildman–Crippen MR) is 81.5 cm³/mol. The lowest BCUT2D eigenvalue weighted by Crippen LogP contribution is -2.21. The van der Waals surface area contributed by atoms with E-state index in [4.69, 9.17) is 16.9 Å². The Morgan fingerprint density at radius 1 is 1.29 bits per heavy atom. The minimum absolute atomic E-state index is 0.188. The maximum absolute atomic E-state index is 11.4. The molecule has 0 bridgehead atoms. The molecule has 1 unspecified atom stereocenters. The Kier molecular flexibility index (Phi) is 4.81. The van der Waals surface area contributed by atoms with E-state index >= 15 is 0 Å². The number of nitrogens with one attached hydrogen (secondary N) is 1. The Balaban J connectivity index is 2.17. The number of carboxylic acid groups (broad SMARTS) is 1. The first-order valence-corrected chi connectivity index (χ1v) is 6.71.